The van der Waals surface area contributed by atoms with Crippen molar-refractivity contribution in [3.8, 4) is 16.6 Å². The number of aromatic nitrogens is 2. The van der Waals surface area contributed by atoms with Gasteiger partial charge in [0.05, 0.1) is 22.2 Å². The van der Waals surface area contributed by atoms with E-state index in [9.17, 15) is 17.8 Å². The van der Waals surface area contributed by atoms with Crippen LogP contribution in [0.1, 0.15) is 17.5 Å². The van der Waals surface area contributed by atoms with Gasteiger partial charge in [-0.15, -0.1) is 11.3 Å². The van der Waals surface area contributed by atoms with Crippen LogP contribution in [-0.4, -0.2) is 63.9 Å². The number of hydrogen-bond donors (Lipinski definition) is 0. The fourth-order valence-corrected chi connectivity index (χ4v) is 6.94. The molecule has 0 bridgehead atoms. The molecule has 1 aromatic carbocycles. The number of rotatable bonds is 7. The summed E-state index contributed by atoms with van der Waals surface area (Å²) in [5.74, 6) is -0.268. The van der Waals surface area contributed by atoms with E-state index in [0.717, 1.165) is 21.2 Å². The van der Waals surface area contributed by atoms with Crippen LogP contribution in [0.2, 0.25) is 0 Å². The van der Waals surface area contributed by atoms with Crippen LogP contribution in [-0.2, 0) is 32.5 Å². The Labute approximate surface area is 204 Å². The van der Waals surface area contributed by atoms with Crippen LogP contribution in [0, 0.1) is 11.3 Å². The quantitative estimate of drug-likeness (QED) is 0.348. The molecule has 1 saturated heterocycles. The molecule has 1 fully saturated rings. The number of thiophene rings is 1. The summed E-state index contributed by atoms with van der Waals surface area (Å²) >= 11 is -0.324. The van der Waals surface area contributed by atoms with Crippen molar-refractivity contribution in [2.75, 3.05) is 19.8 Å². The molecule has 3 aromatic rings. The van der Waals surface area contributed by atoms with Crippen LogP contribution in [0.4, 0.5) is 0 Å². The van der Waals surface area contributed by atoms with Crippen molar-refractivity contribution >= 4 is 38.4 Å². The normalized spacial score (nSPS) is 17.2. The van der Waals surface area contributed by atoms with Crippen molar-refractivity contribution in [1.82, 2.24) is 19.2 Å². The Morgan fingerprint density at radius 3 is 2.85 bits per heavy atom. The minimum Gasteiger partial charge on any atom is -0.609 e. The first kappa shape index (κ1) is 24.3. The van der Waals surface area contributed by atoms with Crippen LogP contribution in [0.3, 0.4) is 0 Å². The molecule has 1 unspecified atom stereocenters. The van der Waals surface area contributed by atoms with Gasteiger partial charge in [-0.2, -0.15) is 19.5 Å². The Morgan fingerprint density at radius 1 is 1.32 bits per heavy atom. The molecule has 2 atom stereocenters. The van der Waals surface area contributed by atoms with Gasteiger partial charge in [0, 0.05) is 37.5 Å². The van der Waals surface area contributed by atoms with Crippen molar-refractivity contribution in [3.63, 3.8) is 0 Å². The molecule has 9 nitrogen and oxygen atoms in total. The first-order valence-electron chi connectivity index (χ1n) is 10.2. The van der Waals surface area contributed by atoms with Crippen LogP contribution in [0.5, 0.6) is 0 Å². The summed E-state index contributed by atoms with van der Waals surface area (Å²) in [7, 11) is -2.50. The lowest BCUT2D eigenvalue weighted by molar-refractivity contribution is -0.131. The summed E-state index contributed by atoms with van der Waals surface area (Å²) in [5, 5.41) is 9.25. The second-order valence-electron chi connectivity index (χ2n) is 7.69. The Bertz CT molecular complexity index is 1370. The Balaban J connectivity index is 1.51. The number of likely N-dealkylation sites (N-methyl/N-ethyl adjacent to an activating group) is 1. The van der Waals surface area contributed by atoms with Crippen LogP contribution >= 0.6 is 11.3 Å². The molecule has 176 valence electrons. The summed E-state index contributed by atoms with van der Waals surface area (Å²) in [6.07, 6.45) is 3.33. The van der Waals surface area contributed by atoms with Gasteiger partial charge in [-0.05, 0) is 42.3 Å². The molecule has 0 aliphatic carbocycles. The maximum atomic E-state index is 13.3. The van der Waals surface area contributed by atoms with E-state index in [0.29, 0.717) is 35.6 Å². The lowest BCUT2D eigenvalue weighted by atomic mass is 10.1. The van der Waals surface area contributed by atoms with Gasteiger partial charge in [0.15, 0.2) is 0 Å². The maximum Gasteiger partial charge on any atom is 0.342 e. The van der Waals surface area contributed by atoms with E-state index in [1.807, 2.05) is 6.07 Å². The maximum absolute atomic E-state index is 13.3. The van der Waals surface area contributed by atoms with Gasteiger partial charge in [-0.1, -0.05) is 12.1 Å². The van der Waals surface area contributed by atoms with Crippen molar-refractivity contribution < 1.29 is 17.8 Å². The summed E-state index contributed by atoms with van der Waals surface area (Å²) in [4.78, 5) is 23.4. The molecule has 1 aliphatic heterocycles. The molecule has 3 heterocycles. The molecular weight excluding hydrogens is 494 g/mol. The van der Waals surface area contributed by atoms with Gasteiger partial charge in [0.1, 0.15) is 16.5 Å². The summed E-state index contributed by atoms with van der Waals surface area (Å²) in [6, 6.07) is 13.0. The molecule has 1 aliphatic rings. The molecule has 2 aromatic heterocycles. The molecule has 12 heteroatoms. The Morgan fingerprint density at radius 2 is 2.12 bits per heavy atom. The number of amides is 1. The van der Waals surface area contributed by atoms with Crippen LogP contribution < -0.4 is 0 Å². The second-order valence-corrected chi connectivity index (χ2v) is 12.3. The van der Waals surface area contributed by atoms with Crippen LogP contribution in [0.25, 0.3) is 10.6 Å². The SMILES string of the molecule is CN([C@H]1CCN(Cc2cccc(C#N)c2)C1=O)S(=O)(=O)c1ccc(-c2ccnc([S+](C)[O-])n2)s1. The number of likely N-dealkylation sites (tertiary alicyclic amines) is 1. The first-order valence-corrected chi connectivity index (χ1v) is 14.0. The molecule has 0 N–H and O–H groups in total. The van der Waals surface area contributed by atoms with Crippen molar-refractivity contribution in [3.05, 3.63) is 59.8 Å². The molecule has 4 rings (SSSR count). The Hall–Kier alpha value is -2.82. The van der Waals surface area contributed by atoms with Gasteiger partial charge < -0.3 is 9.45 Å². The predicted octanol–water partition coefficient (Wildman–Crippen LogP) is 2.24. The zero-order valence-corrected chi connectivity index (χ0v) is 20.9. The molecule has 0 radical (unpaired) electrons. The van der Waals surface area contributed by atoms with Gasteiger partial charge >= 0.3 is 5.16 Å². The largest absolute Gasteiger partial charge is 0.609 e. The number of sulfonamides is 1. The van der Waals surface area contributed by atoms with E-state index < -0.39 is 27.2 Å². The average Bonchev–Trinajstić information content (AvgIpc) is 3.47. The van der Waals surface area contributed by atoms with E-state index in [1.165, 1.54) is 25.6 Å². The van der Waals surface area contributed by atoms with Gasteiger partial charge in [-0.25, -0.2) is 8.42 Å². The molecule has 0 saturated carbocycles. The van der Waals surface area contributed by atoms with Crippen molar-refractivity contribution in [2.45, 2.75) is 28.4 Å². The zero-order valence-electron chi connectivity index (χ0n) is 18.4. The zero-order chi connectivity index (χ0) is 24.5. The number of nitrogens with zero attached hydrogens (tertiary/aromatic N) is 5. The molecule has 34 heavy (non-hydrogen) atoms. The highest BCUT2D eigenvalue weighted by Gasteiger charge is 2.40. The second kappa shape index (κ2) is 9.81. The van der Waals surface area contributed by atoms with E-state index in [2.05, 4.69) is 16.0 Å². The standard InChI is InChI=1S/C22H21N5O4S3/c1-26(18-9-11-27(21(18)28)14-16-5-3-4-15(12-16)13-23)34(30,31)20-7-6-19(32-20)17-8-10-24-22(25-17)33(2)29/h3-8,10,12,18H,9,11,14H2,1-2H3/t18-,33?/m0/s1. The van der Waals surface area contributed by atoms with Crippen molar-refractivity contribution in [2.24, 2.45) is 0 Å². The third-order valence-electron chi connectivity index (χ3n) is 5.50. The smallest absolute Gasteiger partial charge is 0.342 e. The number of nitriles is 1. The highest BCUT2D eigenvalue weighted by Crippen LogP contribution is 2.33. The summed E-state index contributed by atoms with van der Waals surface area (Å²) < 4.78 is 39.5. The molecule has 0 spiro atoms. The van der Waals surface area contributed by atoms with Gasteiger partial charge in [0.25, 0.3) is 10.0 Å². The van der Waals surface area contributed by atoms with Gasteiger partial charge in [0.2, 0.25) is 5.91 Å². The monoisotopic (exact) mass is 515 g/mol. The summed E-state index contributed by atoms with van der Waals surface area (Å²) in [6.45, 7) is 0.741. The first-order chi connectivity index (χ1) is 16.2. The van der Waals surface area contributed by atoms with E-state index >= 15 is 0 Å². The molecule has 1 amide bonds. The highest BCUT2D eigenvalue weighted by atomic mass is 32.2. The van der Waals surface area contributed by atoms with Crippen LogP contribution in [0.15, 0.2) is 58.0 Å². The lowest BCUT2D eigenvalue weighted by Crippen LogP contribution is -2.42. The number of hydrogen-bond acceptors (Lipinski definition) is 8. The number of carbonyl (C=O) groups is 1. The third kappa shape index (κ3) is 4.84. The third-order valence-corrected chi connectivity index (χ3v) is 9.65. The highest BCUT2D eigenvalue weighted by molar-refractivity contribution is 7.91. The van der Waals surface area contributed by atoms with Crippen molar-refractivity contribution in [1.29, 1.82) is 5.26 Å². The minimum absolute atomic E-state index is 0.0933. The molecular formula is C22H21N5O4S3. The van der Waals surface area contributed by atoms with E-state index in [1.54, 1.807) is 35.2 Å². The average molecular weight is 516 g/mol. The summed E-state index contributed by atoms with van der Waals surface area (Å²) in [5.41, 5.74) is 1.81. The minimum atomic E-state index is -3.92. The topological polar surface area (TPSA) is 130 Å². The van der Waals surface area contributed by atoms with E-state index in [4.69, 9.17) is 5.26 Å². The number of benzene rings is 1. The van der Waals surface area contributed by atoms with E-state index in [-0.39, 0.29) is 15.3 Å². The fraction of sp³-hybridized carbons (Fsp3) is 0.273. The predicted molar refractivity (Wildman–Crippen MR) is 128 cm³/mol. The van der Waals surface area contributed by atoms with Gasteiger partial charge in [-0.3, -0.25) is 4.79 Å². The fourth-order valence-electron chi connectivity index (χ4n) is 3.70. The lowest BCUT2D eigenvalue weighted by Gasteiger charge is -2.23. The Kier molecular flexibility index (Phi) is 7.01. The number of carbonyl (C=O) groups excluding carboxylic acids is 1.